The second kappa shape index (κ2) is 5.76. The molecule has 0 aliphatic heterocycles. The van der Waals surface area contributed by atoms with E-state index in [0.717, 1.165) is 15.9 Å². The maximum atomic E-state index is 11.8. The number of thiazole rings is 1. The molecule has 1 aromatic carbocycles. The lowest BCUT2D eigenvalue weighted by Gasteiger charge is -2.04. The zero-order valence-corrected chi connectivity index (χ0v) is 11.7. The summed E-state index contributed by atoms with van der Waals surface area (Å²) in [5.74, 6) is 0.178. The third-order valence-electron chi connectivity index (χ3n) is 2.75. The second-order valence-electron chi connectivity index (χ2n) is 4.30. The van der Waals surface area contributed by atoms with Crippen molar-refractivity contribution in [3.05, 3.63) is 48.3 Å². The Morgan fingerprint density at radius 1 is 1.29 bits per heavy atom. The smallest absolute Gasteiger partial charge is 0.321 e. The summed E-state index contributed by atoms with van der Waals surface area (Å²) in [7, 11) is 0. The summed E-state index contributed by atoms with van der Waals surface area (Å²) in [5.41, 5.74) is 1.51. The predicted octanol–water partition coefficient (Wildman–Crippen LogP) is 2.72. The molecule has 0 aliphatic rings. The van der Waals surface area contributed by atoms with Crippen molar-refractivity contribution < 1.29 is 9.90 Å². The fraction of sp³-hybridized carbons (Fsp3) is 0.0714. The third-order valence-corrected chi connectivity index (χ3v) is 3.68. The molecule has 0 spiro atoms. The van der Waals surface area contributed by atoms with Crippen molar-refractivity contribution >= 4 is 32.7 Å². The number of carbonyl (C=O) groups excluding carboxylic acids is 1. The SMILES string of the molecule is O=C(NCc1ccccn1)Nc1nc2ccc(O)cc2s1. The van der Waals surface area contributed by atoms with Crippen molar-refractivity contribution in [1.82, 2.24) is 15.3 Å². The van der Waals surface area contributed by atoms with Gasteiger partial charge >= 0.3 is 6.03 Å². The molecule has 0 radical (unpaired) electrons. The van der Waals surface area contributed by atoms with Gasteiger partial charge in [-0.15, -0.1) is 0 Å². The highest BCUT2D eigenvalue weighted by Crippen LogP contribution is 2.28. The minimum Gasteiger partial charge on any atom is -0.508 e. The van der Waals surface area contributed by atoms with Crippen LogP contribution in [0.5, 0.6) is 5.75 Å². The van der Waals surface area contributed by atoms with Crippen LogP contribution < -0.4 is 10.6 Å². The first-order chi connectivity index (χ1) is 10.2. The number of nitrogens with zero attached hydrogens (tertiary/aromatic N) is 2. The van der Waals surface area contributed by atoms with Gasteiger partial charge in [-0.25, -0.2) is 9.78 Å². The molecule has 0 saturated carbocycles. The zero-order chi connectivity index (χ0) is 14.7. The average Bonchev–Trinajstić information content (AvgIpc) is 2.87. The summed E-state index contributed by atoms with van der Waals surface area (Å²) in [6, 6.07) is 10.1. The molecule has 0 atom stereocenters. The predicted molar refractivity (Wildman–Crippen MR) is 81.4 cm³/mol. The molecular weight excluding hydrogens is 288 g/mol. The Kier molecular flexibility index (Phi) is 3.65. The molecule has 7 heteroatoms. The summed E-state index contributed by atoms with van der Waals surface area (Å²) in [4.78, 5) is 20.2. The van der Waals surface area contributed by atoms with Crippen molar-refractivity contribution in [3.8, 4) is 5.75 Å². The lowest BCUT2D eigenvalue weighted by molar-refractivity contribution is 0.251. The number of anilines is 1. The molecule has 3 rings (SSSR count). The molecule has 0 unspecified atom stereocenters. The summed E-state index contributed by atoms with van der Waals surface area (Å²) in [5, 5.41) is 15.3. The van der Waals surface area contributed by atoms with Gasteiger partial charge in [0, 0.05) is 6.20 Å². The molecule has 106 valence electrons. The fourth-order valence-electron chi connectivity index (χ4n) is 1.78. The molecular formula is C14H12N4O2S. The van der Waals surface area contributed by atoms with Gasteiger partial charge in [0.25, 0.3) is 0 Å². The molecule has 2 heterocycles. The van der Waals surface area contributed by atoms with Crippen LogP contribution >= 0.6 is 11.3 Å². The largest absolute Gasteiger partial charge is 0.508 e. The van der Waals surface area contributed by atoms with Crippen molar-refractivity contribution in [3.63, 3.8) is 0 Å². The van der Waals surface area contributed by atoms with E-state index in [1.807, 2.05) is 18.2 Å². The number of pyridine rings is 1. The Balaban J connectivity index is 1.63. The van der Waals surface area contributed by atoms with Crippen molar-refractivity contribution in [2.24, 2.45) is 0 Å². The molecule has 21 heavy (non-hydrogen) atoms. The third kappa shape index (κ3) is 3.26. The number of nitrogens with one attached hydrogen (secondary N) is 2. The molecule has 0 fully saturated rings. The molecule has 2 amide bonds. The van der Waals surface area contributed by atoms with Crippen LogP contribution in [0, 0.1) is 0 Å². The summed E-state index contributed by atoms with van der Waals surface area (Å²) >= 11 is 1.30. The van der Waals surface area contributed by atoms with Gasteiger partial charge in [-0.05, 0) is 30.3 Å². The van der Waals surface area contributed by atoms with Gasteiger partial charge < -0.3 is 10.4 Å². The number of aromatic hydroxyl groups is 1. The van der Waals surface area contributed by atoms with Crippen LogP contribution in [0.25, 0.3) is 10.2 Å². The fourth-order valence-corrected chi connectivity index (χ4v) is 2.68. The van der Waals surface area contributed by atoms with Crippen LogP contribution in [-0.4, -0.2) is 21.1 Å². The van der Waals surface area contributed by atoms with Crippen molar-refractivity contribution in [2.75, 3.05) is 5.32 Å². The number of fused-ring (bicyclic) bond motifs is 1. The quantitative estimate of drug-likeness (QED) is 0.694. The highest BCUT2D eigenvalue weighted by Gasteiger charge is 2.08. The van der Waals surface area contributed by atoms with Gasteiger partial charge in [-0.1, -0.05) is 17.4 Å². The van der Waals surface area contributed by atoms with E-state index in [4.69, 9.17) is 0 Å². The Morgan fingerprint density at radius 2 is 2.19 bits per heavy atom. The number of hydrogen-bond acceptors (Lipinski definition) is 5. The first-order valence-electron chi connectivity index (χ1n) is 6.25. The van der Waals surface area contributed by atoms with Crippen LogP contribution in [0.4, 0.5) is 9.93 Å². The topological polar surface area (TPSA) is 87.1 Å². The maximum Gasteiger partial charge on any atom is 0.321 e. The highest BCUT2D eigenvalue weighted by atomic mass is 32.1. The molecule has 3 N–H and O–H groups in total. The lowest BCUT2D eigenvalue weighted by atomic mass is 10.3. The Morgan fingerprint density at radius 3 is 3.00 bits per heavy atom. The number of phenolic OH excluding ortho intramolecular Hbond substituents is 1. The van der Waals surface area contributed by atoms with Gasteiger partial charge in [0.15, 0.2) is 5.13 Å². The van der Waals surface area contributed by atoms with E-state index >= 15 is 0 Å². The van der Waals surface area contributed by atoms with Crippen LogP contribution in [0.15, 0.2) is 42.6 Å². The monoisotopic (exact) mass is 300 g/mol. The van der Waals surface area contributed by atoms with Crippen LogP contribution in [-0.2, 0) is 6.54 Å². The van der Waals surface area contributed by atoms with Crippen molar-refractivity contribution in [1.29, 1.82) is 0 Å². The zero-order valence-electron chi connectivity index (χ0n) is 10.9. The molecule has 0 saturated heterocycles. The van der Waals surface area contributed by atoms with Crippen LogP contribution in [0.2, 0.25) is 0 Å². The first-order valence-corrected chi connectivity index (χ1v) is 7.07. The second-order valence-corrected chi connectivity index (χ2v) is 5.33. The standard InChI is InChI=1S/C14H12N4O2S/c19-10-4-5-11-12(7-10)21-14(17-11)18-13(20)16-8-9-3-1-2-6-15-9/h1-7,19H,8H2,(H2,16,17,18,20). The van der Waals surface area contributed by atoms with E-state index in [0.29, 0.717) is 11.7 Å². The van der Waals surface area contributed by atoms with Gasteiger partial charge in [0.1, 0.15) is 5.75 Å². The highest BCUT2D eigenvalue weighted by molar-refractivity contribution is 7.22. The number of rotatable bonds is 3. The average molecular weight is 300 g/mol. The van der Waals surface area contributed by atoms with Crippen LogP contribution in [0.1, 0.15) is 5.69 Å². The van der Waals surface area contributed by atoms with Gasteiger partial charge in [0.05, 0.1) is 22.5 Å². The number of benzene rings is 1. The van der Waals surface area contributed by atoms with Crippen molar-refractivity contribution in [2.45, 2.75) is 6.54 Å². The number of phenols is 1. The van der Waals surface area contributed by atoms with E-state index in [-0.39, 0.29) is 11.8 Å². The molecule has 2 aromatic heterocycles. The lowest BCUT2D eigenvalue weighted by Crippen LogP contribution is -2.28. The number of urea groups is 1. The normalized spacial score (nSPS) is 10.5. The molecule has 0 bridgehead atoms. The summed E-state index contributed by atoms with van der Waals surface area (Å²) in [6.07, 6.45) is 1.68. The molecule has 6 nitrogen and oxygen atoms in total. The first kappa shape index (κ1) is 13.3. The van der Waals surface area contributed by atoms with Gasteiger partial charge in [0.2, 0.25) is 0 Å². The minimum absolute atomic E-state index is 0.178. The number of hydrogen-bond donors (Lipinski definition) is 3. The van der Waals surface area contributed by atoms with E-state index in [9.17, 15) is 9.90 Å². The van der Waals surface area contributed by atoms with Gasteiger partial charge in [-0.2, -0.15) is 0 Å². The van der Waals surface area contributed by atoms with Gasteiger partial charge in [-0.3, -0.25) is 10.3 Å². The summed E-state index contributed by atoms with van der Waals surface area (Å²) in [6.45, 7) is 0.346. The van der Waals surface area contributed by atoms with E-state index in [1.54, 1.807) is 24.4 Å². The molecule has 0 aliphatic carbocycles. The van der Waals surface area contributed by atoms with E-state index < -0.39 is 0 Å². The Hall–Kier alpha value is -2.67. The summed E-state index contributed by atoms with van der Waals surface area (Å²) < 4.78 is 0.815. The number of amides is 2. The number of carbonyl (C=O) groups is 1. The van der Waals surface area contributed by atoms with E-state index in [2.05, 4.69) is 20.6 Å². The number of aromatic nitrogens is 2. The minimum atomic E-state index is -0.344. The maximum absolute atomic E-state index is 11.8. The molecule has 3 aromatic rings. The Labute approximate surface area is 124 Å². The van der Waals surface area contributed by atoms with Crippen LogP contribution in [0.3, 0.4) is 0 Å². The van der Waals surface area contributed by atoms with E-state index in [1.165, 1.54) is 11.3 Å². The Bertz CT molecular complexity index is 773.